The van der Waals surface area contributed by atoms with Crippen molar-refractivity contribution in [2.75, 3.05) is 23.7 Å². The summed E-state index contributed by atoms with van der Waals surface area (Å²) >= 11 is 0. The SMILES string of the molecule is CS(=O)(=O)N(Cc1ccccc1)c1ccc(C(=O)NCc2ccc(CN3CCCC3)cc2)cc1. The first kappa shape index (κ1) is 24.0. The van der Waals surface area contributed by atoms with E-state index in [0.717, 1.165) is 17.7 Å². The Morgan fingerprint density at radius 1 is 0.853 bits per heavy atom. The summed E-state index contributed by atoms with van der Waals surface area (Å²) in [6, 6.07) is 24.5. The van der Waals surface area contributed by atoms with E-state index in [1.807, 2.05) is 30.3 Å². The molecule has 0 spiro atoms. The minimum Gasteiger partial charge on any atom is -0.348 e. The summed E-state index contributed by atoms with van der Waals surface area (Å²) in [6.07, 6.45) is 3.75. The summed E-state index contributed by atoms with van der Waals surface area (Å²) in [5.74, 6) is -0.193. The molecule has 0 bridgehead atoms. The average molecular weight is 478 g/mol. The quantitative estimate of drug-likeness (QED) is 0.502. The zero-order valence-electron chi connectivity index (χ0n) is 19.5. The first-order chi connectivity index (χ1) is 16.4. The summed E-state index contributed by atoms with van der Waals surface area (Å²) in [7, 11) is -3.48. The summed E-state index contributed by atoms with van der Waals surface area (Å²) in [4.78, 5) is 15.1. The second kappa shape index (κ2) is 10.8. The van der Waals surface area contributed by atoms with Gasteiger partial charge in [-0.05, 0) is 66.9 Å². The Morgan fingerprint density at radius 2 is 1.47 bits per heavy atom. The van der Waals surface area contributed by atoms with E-state index in [4.69, 9.17) is 0 Å². The molecule has 34 heavy (non-hydrogen) atoms. The number of nitrogens with one attached hydrogen (secondary N) is 1. The first-order valence-electron chi connectivity index (χ1n) is 11.6. The Morgan fingerprint density at radius 3 is 2.09 bits per heavy atom. The number of amides is 1. The topological polar surface area (TPSA) is 69.7 Å². The molecule has 3 aromatic carbocycles. The fourth-order valence-electron chi connectivity index (χ4n) is 4.17. The van der Waals surface area contributed by atoms with Crippen molar-refractivity contribution in [3.05, 3.63) is 101 Å². The molecule has 1 saturated heterocycles. The molecule has 1 heterocycles. The molecular formula is C27H31N3O3S. The van der Waals surface area contributed by atoms with Crippen molar-refractivity contribution in [1.82, 2.24) is 10.2 Å². The van der Waals surface area contributed by atoms with Crippen LogP contribution in [0.4, 0.5) is 5.69 Å². The number of likely N-dealkylation sites (tertiary alicyclic amines) is 1. The highest BCUT2D eigenvalue weighted by Crippen LogP contribution is 2.21. The van der Waals surface area contributed by atoms with Gasteiger partial charge in [0.05, 0.1) is 18.5 Å². The van der Waals surface area contributed by atoms with Crippen LogP contribution in [0.2, 0.25) is 0 Å². The molecule has 0 aliphatic carbocycles. The zero-order valence-corrected chi connectivity index (χ0v) is 20.3. The van der Waals surface area contributed by atoms with Crippen molar-refractivity contribution in [1.29, 1.82) is 0 Å². The normalized spacial score (nSPS) is 14.1. The van der Waals surface area contributed by atoms with E-state index in [1.54, 1.807) is 24.3 Å². The predicted octanol–water partition coefficient (Wildman–Crippen LogP) is 4.18. The Hall–Kier alpha value is -3.16. The third kappa shape index (κ3) is 6.46. The van der Waals surface area contributed by atoms with Crippen LogP contribution in [0.25, 0.3) is 0 Å². The molecule has 178 valence electrons. The van der Waals surface area contributed by atoms with Crippen LogP contribution >= 0.6 is 0 Å². The Kier molecular flexibility index (Phi) is 7.65. The highest BCUT2D eigenvalue weighted by atomic mass is 32.2. The third-order valence-electron chi connectivity index (χ3n) is 6.07. The van der Waals surface area contributed by atoms with Gasteiger partial charge in [-0.2, -0.15) is 0 Å². The van der Waals surface area contributed by atoms with Crippen LogP contribution in [0.3, 0.4) is 0 Å². The molecule has 0 aromatic heterocycles. The fraction of sp³-hybridized carbons (Fsp3) is 0.296. The number of anilines is 1. The Bertz CT molecular complexity index is 1190. The molecule has 0 unspecified atom stereocenters. The molecule has 4 rings (SSSR count). The van der Waals surface area contributed by atoms with Crippen LogP contribution in [0, 0.1) is 0 Å². The number of hydrogen-bond acceptors (Lipinski definition) is 4. The second-order valence-corrected chi connectivity index (χ2v) is 10.7. The van der Waals surface area contributed by atoms with Gasteiger partial charge in [0.1, 0.15) is 0 Å². The highest BCUT2D eigenvalue weighted by Gasteiger charge is 2.18. The van der Waals surface area contributed by atoms with Gasteiger partial charge in [0.2, 0.25) is 10.0 Å². The van der Waals surface area contributed by atoms with Crippen LogP contribution < -0.4 is 9.62 Å². The van der Waals surface area contributed by atoms with Gasteiger partial charge in [0.25, 0.3) is 5.91 Å². The van der Waals surface area contributed by atoms with Gasteiger partial charge in [-0.1, -0.05) is 54.6 Å². The van der Waals surface area contributed by atoms with Gasteiger partial charge in [0, 0.05) is 18.7 Å². The van der Waals surface area contributed by atoms with Gasteiger partial charge < -0.3 is 5.32 Å². The number of hydrogen-bond donors (Lipinski definition) is 1. The smallest absolute Gasteiger partial charge is 0.251 e. The summed E-state index contributed by atoms with van der Waals surface area (Å²) in [5, 5.41) is 2.95. The molecule has 1 aliphatic heterocycles. The predicted molar refractivity (Wildman–Crippen MR) is 136 cm³/mol. The molecule has 0 atom stereocenters. The van der Waals surface area contributed by atoms with Crippen LogP contribution in [-0.4, -0.2) is 38.6 Å². The maximum atomic E-state index is 12.6. The number of carbonyl (C=O) groups excluding carboxylic acids is 1. The van der Waals surface area contributed by atoms with Crippen LogP contribution in [0.1, 0.15) is 39.9 Å². The minimum absolute atomic E-state index is 0.193. The molecule has 7 heteroatoms. The van der Waals surface area contributed by atoms with E-state index >= 15 is 0 Å². The average Bonchev–Trinajstić information content (AvgIpc) is 3.35. The van der Waals surface area contributed by atoms with Gasteiger partial charge in [-0.25, -0.2) is 8.42 Å². The van der Waals surface area contributed by atoms with Gasteiger partial charge >= 0.3 is 0 Å². The summed E-state index contributed by atoms with van der Waals surface area (Å²) in [6.45, 7) is 4.00. The monoisotopic (exact) mass is 477 g/mol. The van der Waals surface area contributed by atoms with Crippen molar-refractivity contribution >= 4 is 21.6 Å². The summed E-state index contributed by atoms with van der Waals surface area (Å²) < 4.78 is 26.1. The van der Waals surface area contributed by atoms with E-state index in [9.17, 15) is 13.2 Å². The third-order valence-corrected chi connectivity index (χ3v) is 7.21. The molecule has 1 amide bonds. The van der Waals surface area contributed by atoms with E-state index in [1.165, 1.54) is 42.1 Å². The van der Waals surface area contributed by atoms with Crippen molar-refractivity contribution in [3.8, 4) is 0 Å². The van der Waals surface area contributed by atoms with E-state index in [0.29, 0.717) is 17.8 Å². The minimum atomic E-state index is -3.48. The maximum absolute atomic E-state index is 12.6. The second-order valence-electron chi connectivity index (χ2n) is 8.78. The lowest BCUT2D eigenvalue weighted by Crippen LogP contribution is -2.29. The standard InChI is InChI=1S/C27H31N3O3S/c1-34(32,33)30(21-23-7-3-2-4-8-23)26-15-13-25(14-16-26)27(31)28-19-22-9-11-24(12-10-22)20-29-17-5-6-18-29/h2-4,7-16H,5-6,17-21H2,1H3,(H,28,31). The van der Waals surface area contributed by atoms with Gasteiger partial charge in [-0.15, -0.1) is 0 Å². The fourth-order valence-corrected chi connectivity index (χ4v) is 5.06. The Labute approximate surface area is 202 Å². The lowest BCUT2D eigenvalue weighted by molar-refractivity contribution is 0.0951. The number of carbonyl (C=O) groups is 1. The molecule has 1 fully saturated rings. The van der Waals surface area contributed by atoms with Gasteiger partial charge in [-0.3, -0.25) is 14.0 Å². The molecule has 1 N–H and O–H groups in total. The van der Waals surface area contributed by atoms with Crippen molar-refractivity contribution in [3.63, 3.8) is 0 Å². The number of nitrogens with zero attached hydrogens (tertiary/aromatic N) is 2. The molecule has 1 aliphatic rings. The molecule has 0 radical (unpaired) electrons. The molecule has 3 aromatic rings. The Balaban J connectivity index is 1.35. The lowest BCUT2D eigenvalue weighted by atomic mass is 10.1. The van der Waals surface area contributed by atoms with E-state index in [-0.39, 0.29) is 12.5 Å². The van der Waals surface area contributed by atoms with Crippen LogP contribution in [0.5, 0.6) is 0 Å². The van der Waals surface area contributed by atoms with Crippen LogP contribution in [0.15, 0.2) is 78.9 Å². The lowest BCUT2D eigenvalue weighted by Gasteiger charge is -2.22. The van der Waals surface area contributed by atoms with Crippen molar-refractivity contribution in [2.24, 2.45) is 0 Å². The zero-order chi connectivity index (χ0) is 24.0. The van der Waals surface area contributed by atoms with Crippen molar-refractivity contribution in [2.45, 2.75) is 32.5 Å². The molecule has 6 nitrogen and oxygen atoms in total. The van der Waals surface area contributed by atoms with Gasteiger partial charge in [0.15, 0.2) is 0 Å². The van der Waals surface area contributed by atoms with Crippen LogP contribution in [-0.2, 0) is 29.7 Å². The number of benzene rings is 3. The number of rotatable bonds is 9. The van der Waals surface area contributed by atoms with E-state index < -0.39 is 10.0 Å². The highest BCUT2D eigenvalue weighted by molar-refractivity contribution is 7.92. The van der Waals surface area contributed by atoms with Crippen molar-refractivity contribution < 1.29 is 13.2 Å². The number of sulfonamides is 1. The molecule has 0 saturated carbocycles. The maximum Gasteiger partial charge on any atom is 0.251 e. The first-order valence-corrected chi connectivity index (χ1v) is 13.4. The largest absolute Gasteiger partial charge is 0.348 e. The molecular weight excluding hydrogens is 446 g/mol. The summed E-state index contributed by atoms with van der Waals surface area (Å²) in [5.41, 5.74) is 4.24. The van der Waals surface area contributed by atoms with E-state index in [2.05, 4.69) is 34.5 Å².